The number of nitrogens with one attached hydrogen (secondary N) is 1. The first-order valence-corrected chi connectivity index (χ1v) is 7.54. The Morgan fingerprint density at radius 3 is 2.88 bits per heavy atom. The Kier molecular flexibility index (Phi) is 3.09. The predicted octanol–water partition coefficient (Wildman–Crippen LogP) is 4.13. The third kappa shape index (κ3) is 2.20. The van der Waals surface area contributed by atoms with Crippen LogP contribution in [0.15, 0.2) is 33.7 Å². The van der Waals surface area contributed by atoms with E-state index >= 15 is 0 Å². The van der Waals surface area contributed by atoms with Gasteiger partial charge < -0.3 is 5.32 Å². The first-order chi connectivity index (χ1) is 8.34. The highest BCUT2D eigenvalue weighted by atomic mass is 79.9. The molecule has 0 amide bonds. The zero-order valence-corrected chi connectivity index (χ0v) is 11.9. The quantitative estimate of drug-likeness (QED) is 0.786. The van der Waals surface area contributed by atoms with Crippen molar-refractivity contribution in [3.05, 3.63) is 38.6 Å². The van der Waals surface area contributed by atoms with Crippen LogP contribution in [0.25, 0.3) is 10.2 Å². The third-order valence-electron chi connectivity index (χ3n) is 2.35. The van der Waals surface area contributed by atoms with Gasteiger partial charge >= 0.3 is 0 Å². The van der Waals surface area contributed by atoms with Crippen LogP contribution >= 0.6 is 38.6 Å². The van der Waals surface area contributed by atoms with E-state index < -0.39 is 0 Å². The normalized spacial score (nSPS) is 10.9. The van der Waals surface area contributed by atoms with Crippen LogP contribution in [-0.4, -0.2) is 9.97 Å². The smallest absolute Gasteiger partial charge is 0.147 e. The number of nitrogens with zero attached hydrogens (tertiary/aromatic N) is 2. The van der Waals surface area contributed by atoms with E-state index in [0.29, 0.717) is 0 Å². The van der Waals surface area contributed by atoms with E-state index in [-0.39, 0.29) is 0 Å². The molecule has 0 spiro atoms. The van der Waals surface area contributed by atoms with Gasteiger partial charge in [-0.05, 0) is 38.8 Å². The minimum absolute atomic E-state index is 0.780. The van der Waals surface area contributed by atoms with Crippen molar-refractivity contribution in [2.45, 2.75) is 6.54 Å². The van der Waals surface area contributed by atoms with Crippen molar-refractivity contribution in [2.75, 3.05) is 5.32 Å². The van der Waals surface area contributed by atoms with Crippen LogP contribution < -0.4 is 5.32 Å². The minimum Gasteiger partial charge on any atom is -0.364 e. The van der Waals surface area contributed by atoms with Crippen LogP contribution in [0.2, 0.25) is 0 Å². The average molecular weight is 326 g/mol. The van der Waals surface area contributed by atoms with Crippen LogP contribution in [0, 0.1) is 0 Å². The van der Waals surface area contributed by atoms with Crippen LogP contribution in [0.3, 0.4) is 0 Å². The van der Waals surface area contributed by atoms with Gasteiger partial charge in [-0.3, -0.25) is 0 Å². The Labute approximate surface area is 115 Å². The summed E-state index contributed by atoms with van der Waals surface area (Å²) in [6.45, 7) is 0.780. The van der Waals surface area contributed by atoms with Gasteiger partial charge in [0.2, 0.25) is 0 Å². The third-order valence-corrected chi connectivity index (χ3v) is 5.19. The SMILES string of the molecule is Brc1ccsc1CNc1ncnc2ccsc12. The lowest BCUT2D eigenvalue weighted by Gasteiger charge is -2.04. The van der Waals surface area contributed by atoms with Gasteiger partial charge in [-0.15, -0.1) is 22.7 Å². The van der Waals surface area contributed by atoms with Gasteiger partial charge in [0.15, 0.2) is 0 Å². The molecular formula is C11H8BrN3S2. The maximum Gasteiger partial charge on any atom is 0.147 e. The highest BCUT2D eigenvalue weighted by molar-refractivity contribution is 9.10. The molecule has 0 atom stereocenters. The zero-order valence-electron chi connectivity index (χ0n) is 8.68. The fourth-order valence-electron chi connectivity index (χ4n) is 1.53. The van der Waals surface area contributed by atoms with Crippen molar-refractivity contribution in [3.8, 4) is 0 Å². The molecule has 17 heavy (non-hydrogen) atoms. The van der Waals surface area contributed by atoms with E-state index in [1.807, 2.05) is 11.4 Å². The van der Waals surface area contributed by atoms with Crippen molar-refractivity contribution >= 4 is 54.6 Å². The summed E-state index contributed by atoms with van der Waals surface area (Å²) in [5.41, 5.74) is 0.998. The van der Waals surface area contributed by atoms with E-state index in [9.17, 15) is 0 Å². The molecule has 3 aromatic rings. The molecule has 0 fully saturated rings. The van der Waals surface area contributed by atoms with Gasteiger partial charge in [0.05, 0.1) is 16.8 Å². The molecule has 3 rings (SSSR count). The Morgan fingerprint density at radius 2 is 2.06 bits per heavy atom. The lowest BCUT2D eigenvalue weighted by molar-refractivity contribution is 1.13. The molecule has 0 aromatic carbocycles. The van der Waals surface area contributed by atoms with Gasteiger partial charge in [0.1, 0.15) is 12.1 Å². The molecule has 3 heterocycles. The number of hydrogen-bond donors (Lipinski definition) is 1. The standard InChI is InChI=1S/C11H8BrN3S2/c12-7-1-3-16-9(7)5-13-11-10-8(2-4-17-10)14-6-15-11/h1-4,6H,5H2,(H,13,14,15). The number of rotatable bonds is 3. The summed E-state index contributed by atoms with van der Waals surface area (Å²) in [5.74, 6) is 0.908. The number of anilines is 1. The second kappa shape index (κ2) is 4.72. The molecule has 0 saturated heterocycles. The first-order valence-electron chi connectivity index (χ1n) is 4.98. The van der Waals surface area contributed by atoms with Gasteiger partial charge in [0.25, 0.3) is 0 Å². The lowest BCUT2D eigenvalue weighted by Crippen LogP contribution is -2.00. The molecule has 0 radical (unpaired) electrons. The van der Waals surface area contributed by atoms with Crippen LogP contribution in [0.4, 0.5) is 5.82 Å². The summed E-state index contributed by atoms with van der Waals surface area (Å²) in [7, 11) is 0. The van der Waals surface area contributed by atoms with Crippen molar-refractivity contribution in [1.82, 2.24) is 9.97 Å². The van der Waals surface area contributed by atoms with Crippen molar-refractivity contribution < 1.29 is 0 Å². The fourth-order valence-corrected chi connectivity index (χ4v) is 3.77. The van der Waals surface area contributed by atoms with Crippen molar-refractivity contribution in [2.24, 2.45) is 0 Å². The van der Waals surface area contributed by atoms with Gasteiger partial charge in [-0.1, -0.05) is 0 Å². The van der Waals surface area contributed by atoms with Gasteiger partial charge in [-0.25, -0.2) is 9.97 Å². The molecule has 0 saturated carbocycles. The molecule has 86 valence electrons. The summed E-state index contributed by atoms with van der Waals surface area (Å²) >= 11 is 6.91. The Bertz CT molecular complexity index is 647. The lowest BCUT2D eigenvalue weighted by atomic mass is 10.4. The summed E-state index contributed by atoms with van der Waals surface area (Å²) < 4.78 is 2.26. The second-order valence-electron chi connectivity index (χ2n) is 3.40. The van der Waals surface area contributed by atoms with Crippen LogP contribution in [-0.2, 0) is 6.54 Å². The largest absolute Gasteiger partial charge is 0.364 e. The summed E-state index contributed by atoms with van der Waals surface area (Å²) in [5, 5.41) is 7.46. The van der Waals surface area contributed by atoms with E-state index in [4.69, 9.17) is 0 Å². The molecule has 0 bridgehead atoms. The molecular weight excluding hydrogens is 318 g/mol. The second-order valence-corrected chi connectivity index (χ2v) is 6.17. The van der Waals surface area contributed by atoms with Crippen molar-refractivity contribution in [3.63, 3.8) is 0 Å². The molecule has 0 aliphatic carbocycles. The molecule has 0 aliphatic heterocycles. The van der Waals surface area contributed by atoms with Gasteiger partial charge in [0, 0.05) is 9.35 Å². The average Bonchev–Trinajstić information content (AvgIpc) is 2.95. The Morgan fingerprint density at radius 1 is 1.18 bits per heavy atom. The minimum atomic E-state index is 0.780. The highest BCUT2D eigenvalue weighted by Gasteiger charge is 2.06. The number of thiophene rings is 2. The first kappa shape index (κ1) is 11.1. The summed E-state index contributed by atoms with van der Waals surface area (Å²) in [6, 6.07) is 4.07. The maximum absolute atomic E-state index is 4.29. The molecule has 1 N–H and O–H groups in total. The highest BCUT2D eigenvalue weighted by Crippen LogP contribution is 2.27. The summed E-state index contributed by atoms with van der Waals surface area (Å²) in [4.78, 5) is 9.77. The Hall–Kier alpha value is -0.980. The molecule has 0 unspecified atom stereocenters. The van der Waals surface area contributed by atoms with E-state index in [1.54, 1.807) is 29.0 Å². The number of hydrogen-bond acceptors (Lipinski definition) is 5. The summed E-state index contributed by atoms with van der Waals surface area (Å²) in [6.07, 6.45) is 1.60. The number of fused-ring (bicyclic) bond motifs is 1. The van der Waals surface area contributed by atoms with Crippen LogP contribution in [0.1, 0.15) is 4.88 Å². The molecule has 3 nitrogen and oxygen atoms in total. The van der Waals surface area contributed by atoms with Gasteiger partial charge in [-0.2, -0.15) is 0 Å². The molecule has 3 aromatic heterocycles. The van der Waals surface area contributed by atoms with E-state index in [2.05, 4.69) is 42.7 Å². The zero-order chi connectivity index (χ0) is 11.7. The number of aromatic nitrogens is 2. The monoisotopic (exact) mass is 325 g/mol. The number of halogens is 1. The Balaban J connectivity index is 1.86. The predicted molar refractivity (Wildman–Crippen MR) is 76.8 cm³/mol. The van der Waals surface area contributed by atoms with Crippen molar-refractivity contribution in [1.29, 1.82) is 0 Å². The van der Waals surface area contributed by atoms with Crippen LogP contribution in [0.5, 0.6) is 0 Å². The molecule has 6 heteroatoms. The molecule has 0 aliphatic rings. The van der Waals surface area contributed by atoms with E-state index in [0.717, 1.165) is 27.1 Å². The maximum atomic E-state index is 4.29. The topological polar surface area (TPSA) is 37.8 Å². The van der Waals surface area contributed by atoms with E-state index in [1.165, 1.54) is 4.88 Å². The fraction of sp³-hybridized carbons (Fsp3) is 0.0909.